The van der Waals surface area contributed by atoms with E-state index < -0.39 is 24.1 Å². The molecular weight excluding hydrogens is 252 g/mol. The maximum Gasteiger partial charge on any atom is 0.328 e. The van der Waals surface area contributed by atoms with E-state index in [1.165, 1.54) is 18.9 Å². The van der Waals surface area contributed by atoms with Crippen LogP contribution in [0.2, 0.25) is 0 Å². The molecule has 0 unspecified atom stereocenters. The van der Waals surface area contributed by atoms with E-state index in [1.54, 1.807) is 24.0 Å². The summed E-state index contributed by atoms with van der Waals surface area (Å²) in [6.45, 7) is 1.54. The monoisotopic (exact) mass is 270 g/mol. The first-order chi connectivity index (χ1) is 8.82. The average molecular weight is 270 g/mol. The summed E-state index contributed by atoms with van der Waals surface area (Å²) in [6, 6.07) is -1.92. The molecule has 8 heteroatoms. The zero-order chi connectivity index (χ0) is 14.6. The smallest absolute Gasteiger partial charge is 0.328 e. The number of amides is 2. The number of carboxylic acids is 1. The number of aromatic nitrogens is 2. The van der Waals surface area contributed by atoms with Crippen LogP contribution in [0.3, 0.4) is 0 Å². The van der Waals surface area contributed by atoms with E-state index in [1.807, 2.05) is 0 Å². The Kier molecular flexibility index (Phi) is 4.87. The quantitative estimate of drug-likeness (QED) is 0.662. The first-order valence-electron chi connectivity index (χ1n) is 5.71. The van der Waals surface area contributed by atoms with Gasteiger partial charge in [0.2, 0.25) is 0 Å². The van der Waals surface area contributed by atoms with Crippen LogP contribution in [0.5, 0.6) is 0 Å². The van der Waals surface area contributed by atoms with Crippen molar-refractivity contribution in [1.82, 2.24) is 19.8 Å². The van der Waals surface area contributed by atoms with E-state index in [0.717, 1.165) is 0 Å². The number of hydrogen-bond donors (Lipinski definition) is 3. The molecule has 2 atom stereocenters. The normalized spacial score (nSPS) is 13.7. The minimum absolute atomic E-state index is 0.238. The molecule has 2 amide bonds. The molecule has 1 heterocycles. The number of urea groups is 1. The summed E-state index contributed by atoms with van der Waals surface area (Å²) in [5.74, 6) is -0.615. The van der Waals surface area contributed by atoms with Gasteiger partial charge in [0, 0.05) is 26.5 Å². The summed E-state index contributed by atoms with van der Waals surface area (Å²) < 4.78 is 1.76. The maximum atomic E-state index is 11.8. The summed E-state index contributed by atoms with van der Waals surface area (Å²) in [4.78, 5) is 28.0. The number of imidazole rings is 1. The SMILES string of the molecule is C[C@@H](O)[C@H](NC(=O)N(C)Cc1nccn1C)C(=O)O. The molecule has 19 heavy (non-hydrogen) atoms. The summed E-state index contributed by atoms with van der Waals surface area (Å²) in [5, 5.41) is 20.4. The average Bonchev–Trinajstić information content (AvgIpc) is 2.70. The fourth-order valence-corrected chi connectivity index (χ4v) is 1.46. The Bertz CT molecular complexity index is 457. The molecule has 0 fully saturated rings. The van der Waals surface area contributed by atoms with Crippen molar-refractivity contribution < 1.29 is 19.8 Å². The lowest BCUT2D eigenvalue weighted by Crippen LogP contribution is -2.51. The number of carboxylic acid groups (broad SMARTS) is 1. The van der Waals surface area contributed by atoms with E-state index in [-0.39, 0.29) is 6.54 Å². The second-order valence-electron chi connectivity index (χ2n) is 4.32. The fraction of sp³-hybridized carbons (Fsp3) is 0.545. The maximum absolute atomic E-state index is 11.8. The van der Waals surface area contributed by atoms with Gasteiger partial charge in [-0.25, -0.2) is 14.6 Å². The lowest BCUT2D eigenvalue weighted by Gasteiger charge is -2.22. The molecule has 106 valence electrons. The molecule has 0 saturated heterocycles. The highest BCUT2D eigenvalue weighted by atomic mass is 16.4. The van der Waals surface area contributed by atoms with Gasteiger partial charge in [-0.3, -0.25) is 0 Å². The number of aliphatic carboxylic acids is 1. The Labute approximate surface area is 110 Å². The molecule has 1 aromatic rings. The van der Waals surface area contributed by atoms with E-state index in [0.29, 0.717) is 5.82 Å². The van der Waals surface area contributed by atoms with Crippen molar-refractivity contribution in [3.05, 3.63) is 18.2 Å². The van der Waals surface area contributed by atoms with Gasteiger partial charge >= 0.3 is 12.0 Å². The predicted octanol–water partition coefficient (Wildman–Crippen LogP) is -0.605. The van der Waals surface area contributed by atoms with E-state index in [9.17, 15) is 14.7 Å². The van der Waals surface area contributed by atoms with Gasteiger partial charge in [0.05, 0.1) is 12.6 Å². The molecular formula is C11H18N4O4. The number of carbonyl (C=O) groups is 2. The highest BCUT2D eigenvalue weighted by Gasteiger charge is 2.26. The molecule has 0 saturated carbocycles. The van der Waals surface area contributed by atoms with Crippen molar-refractivity contribution in [2.75, 3.05) is 7.05 Å². The number of hydrogen-bond acceptors (Lipinski definition) is 4. The highest BCUT2D eigenvalue weighted by Crippen LogP contribution is 2.01. The number of nitrogens with one attached hydrogen (secondary N) is 1. The Hall–Kier alpha value is -2.09. The van der Waals surface area contributed by atoms with Crippen molar-refractivity contribution in [2.45, 2.75) is 25.6 Å². The third-order valence-electron chi connectivity index (χ3n) is 2.67. The minimum Gasteiger partial charge on any atom is -0.480 e. The summed E-state index contributed by atoms with van der Waals surface area (Å²) in [6.07, 6.45) is 2.18. The van der Waals surface area contributed by atoms with Crippen molar-refractivity contribution >= 4 is 12.0 Å². The minimum atomic E-state index is -1.34. The van der Waals surface area contributed by atoms with Crippen LogP contribution in [-0.2, 0) is 18.4 Å². The topological polar surface area (TPSA) is 108 Å². The van der Waals surface area contributed by atoms with Crippen molar-refractivity contribution in [1.29, 1.82) is 0 Å². The van der Waals surface area contributed by atoms with Crippen molar-refractivity contribution in [2.24, 2.45) is 7.05 Å². The number of aryl methyl sites for hydroxylation is 1. The van der Waals surface area contributed by atoms with Crippen LogP contribution < -0.4 is 5.32 Å². The van der Waals surface area contributed by atoms with Crippen molar-refractivity contribution in [3.8, 4) is 0 Å². The van der Waals surface area contributed by atoms with Gasteiger partial charge in [0.25, 0.3) is 0 Å². The number of carbonyl (C=O) groups excluding carboxylic acids is 1. The van der Waals surface area contributed by atoms with Crippen LogP contribution in [-0.4, -0.2) is 55.9 Å². The van der Waals surface area contributed by atoms with E-state index in [2.05, 4.69) is 10.3 Å². The Morgan fingerprint density at radius 1 is 1.58 bits per heavy atom. The van der Waals surface area contributed by atoms with E-state index in [4.69, 9.17) is 5.11 Å². The van der Waals surface area contributed by atoms with Crippen LogP contribution >= 0.6 is 0 Å². The first-order valence-corrected chi connectivity index (χ1v) is 5.71. The molecule has 0 aliphatic heterocycles. The number of rotatable bonds is 5. The molecule has 0 bridgehead atoms. The Balaban J connectivity index is 2.62. The molecule has 3 N–H and O–H groups in total. The second-order valence-corrected chi connectivity index (χ2v) is 4.32. The van der Waals surface area contributed by atoms with Gasteiger partial charge in [-0.05, 0) is 6.92 Å². The fourth-order valence-electron chi connectivity index (χ4n) is 1.46. The van der Waals surface area contributed by atoms with Crippen LogP contribution in [0.1, 0.15) is 12.7 Å². The summed E-state index contributed by atoms with van der Waals surface area (Å²) in [7, 11) is 3.31. The van der Waals surface area contributed by atoms with E-state index >= 15 is 0 Å². The van der Waals surface area contributed by atoms with Gasteiger partial charge in [0.1, 0.15) is 5.82 Å². The van der Waals surface area contributed by atoms with Crippen LogP contribution in [0.25, 0.3) is 0 Å². The zero-order valence-electron chi connectivity index (χ0n) is 11.1. The molecule has 0 aliphatic rings. The number of nitrogens with zero attached hydrogens (tertiary/aromatic N) is 3. The molecule has 0 aliphatic carbocycles. The molecule has 8 nitrogen and oxygen atoms in total. The first kappa shape index (κ1) is 15.0. The summed E-state index contributed by atoms with van der Waals surface area (Å²) >= 11 is 0. The van der Waals surface area contributed by atoms with Gasteiger partial charge in [0.15, 0.2) is 6.04 Å². The second kappa shape index (κ2) is 6.19. The van der Waals surface area contributed by atoms with Crippen LogP contribution in [0, 0.1) is 0 Å². The molecule has 1 aromatic heterocycles. The van der Waals surface area contributed by atoms with Gasteiger partial charge < -0.3 is 25.0 Å². The van der Waals surface area contributed by atoms with Crippen molar-refractivity contribution in [3.63, 3.8) is 0 Å². The highest BCUT2D eigenvalue weighted by molar-refractivity contribution is 5.82. The van der Waals surface area contributed by atoms with Gasteiger partial charge in [-0.1, -0.05) is 0 Å². The van der Waals surface area contributed by atoms with Crippen LogP contribution in [0.15, 0.2) is 12.4 Å². The third-order valence-corrected chi connectivity index (χ3v) is 2.67. The third kappa shape index (κ3) is 3.95. The van der Waals surface area contributed by atoms with Gasteiger partial charge in [-0.15, -0.1) is 0 Å². The molecule has 0 spiro atoms. The largest absolute Gasteiger partial charge is 0.480 e. The standard InChI is InChI=1S/C11H18N4O4/c1-7(16)9(10(17)18)13-11(19)15(3)6-8-12-4-5-14(8)2/h4-5,7,9,16H,6H2,1-3H3,(H,13,19)(H,17,18)/t7-,9+/m1/s1. The summed E-state index contributed by atoms with van der Waals surface area (Å²) in [5.41, 5.74) is 0. The zero-order valence-corrected chi connectivity index (χ0v) is 11.1. The number of aliphatic hydroxyl groups excluding tert-OH is 1. The molecule has 1 rings (SSSR count). The lowest BCUT2D eigenvalue weighted by atomic mass is 10.2. The predicted molar refractivity (Wildman–Crippen MR) is 66.3 cm³/mol. The van der Waals surface area contributed by atoms with Crippen LogP contribution in [0.4, 0.5) is 4.79 Å². The number of aliphatic hydroxyl groups is 1. The Morgan fingerprint density at radius 2 is 2.21 bits per heavy atom. The lowest BCUT2D eigenvalue weighted by molar-refractivity contribution is -0.141. The Morgan fingerprint density at radius 3 is 2.63 bits per heavy atom. The molecule has 0 radical (unpaired) electrons. The van der Waals surface area contributed by atoms with Gasteiger partial charge in [-0.2, -0.15) is 0 Å². The molecule has 0 aromatic carbocycles.